The van der Waals surface area contributed by atoms with Gasteiger partial charge in [-0.1, -0.05) is 214 Å². The van der Waals surface area contributed by atoms with Crippen LogP contribution >= 0.6 is 11.3 Å². The number of anilines is 4. The van der Waals surface area contributed by atoms with E-state index in [2.05, 4.69) is 270 Å². The summed E-state index contributed by atoms with van der Waals surface area (Å²) in [5, 5.41) is 4.54. The van der Waals surface area contributed by atoms with E-state index in [4.69, 9.17) is 12.5 Å². The number of para-hydroxylation sites is 3. The van der Waals surface area contributed by atoms with Gasteiger partial charge in [0, 0.05) is 95.4 Å². The quantitative estimate of drug-likeness (QED) is 0.135. The number of aromatic nitrogens is 2. The molecule has 5 nitrogen and oxygen atoms in total. The number of rotatable bonds is 9. The smallest absolute Gasteiger partial charge is 0.135 e. The molecule has 11 aromatic rings. The van der Waals surface area contributed by atoms with E-state index in [1.165, 1.54) is 53.6 Å². The Morgan fingerprint density at radius 1 is 0.541 bits per heavy atom. The topological polar surface area (TPSA) is 33.5 Å². The first-order valence-corrected chi connectivity index (χ1v) is 30.7. The van der Waals surface area contributed by atoms with Crippen molar-refractivity contribution < 1.29 is 28.5 Å². The molecule has 438 valence electrons. The Kier molecular flexibility index (Phi) is 14.6. The standard InChI is InChI=1S/C78H81N4OS.Pt/c1-48(2)35-49-33-34-79-70(36-49)82-67-32-31-63-62-23-18-21-28-69(62)84-73(63)71(67)64-30-29-58(46-68(64)82)83-59-44-56(78(15,16)17)43-57(45-59)80-47-81(66-27-20-19-26-65(66)80)72-60(50-37-52(74(3,4)5)41-53(38-50)75(6,7)8)24-22-25-61(72)51-39-54(76(9,10)11)42-55(40-51)77(12,13)14;/h18-34,36-44,47-48H,35H2,1-17H3;/q-3;/i35D2;. The van der Waals surface area contributed by atoms with Crippen LogP contribution in [-0.4, -0.2) is 9.55 Å². The van der Waals surface area contributed by atoms with Crippen LogP contribution in [0.1, 0.15) is 154 Å². The molecular formula is C78H81N4OPtS-3. The van der Waals surface area contributed by atoms with Gasteiger partial charge in [-0.2, -0.15) is 6.07 Å². The van der Waals surface area contributed by atoms with Crippen LogP contribution in [0.2, 0.25) is 0 Å². The summed E-state index contributed by atoms with van der Waals surface area (Å²) >= 11 is 1.79. The third kappa shape index (κ3) is 11.4. The fraction of sp³-hybridized carbons (Fsp3) is 0.308. The van der Waals surface area contributed by atoms with Gasteiger partial charge in [0.05, 0.1) is 0 Å². The molecule has 0 aliphatic carbocycles. The average molecular weight is 1320 g/mol. The third-order valence-corrected chi connectivity index (χ3v) is 17.8. The van der Waals surface area contributed by atoms with Gasteiger partial charge in [0.2, 0.25) is 0 Å². The predicted octanol–water partition coefficient (Wildman–Crippen LogP) is 22.4. The Morgan fingerprint density at radius 2 is 1.08 bits per heavy atom. The monoisotopic (exact) mass is 1320 g/mol. The Balaban J connectivity index is 0.00000784. The van der Waals surface area contributed by atoms with Crippen LogP contribution in [-0.2, 0) is 54.5 Å². The van der Waals surface area contributed by atoms with Crippen molar-refractivity contribution in [3.63, 3.8) is 0 Å². The Bertz CT molecular complexity index is 4320. The fourth-order valence-corrected chi connectivity index (χ4v) is 13.0. The van der Waals surface area contributed by atoms with Crippen molar-refractivity contribution in [1.29, 1.82) is 0 Å². The Morgan fingerprint density at radius 3 is 1.66 bits per heavy atom. The van der Waals surface area contributed by atoms with Gasteiger partial charge in [-0.15, -0.1) is 65.0 Å². The molecule has 0 amide bonds. The minimum atomic E-state index is -1.57. The molecule has 12 rings (SSSR count). The Labute approximate surface area is 527 Å². The van der Waals surface area contributed by atoms with Crippen LogP contribution in [0.4, 0.5) is 22.7 Å². The van der Waals surface area contributed by atoms with Crippen molar-refractivity contribution in [2.24, 2.45) is 5.92 Å². The molecule has 0 atom stereocenters. The molecule has 0 bridgehead atoms. The van der Waals surface area contributed by atoms with Crippen LogP contribution in [0, 0.1) is 24.7 Å². The number of ether oxygens (including phenoxy) is 1. The maximum absolute atomic E-state index is 9.12. The molecule has 85 heavy (non-hydrogen) atoms. The summed E-state index contributed by atoms with van der Waals surface area (Å²) < 4.78 is 29.9. The molecule has 0 fully saturated rings. The minimum absolute atomic E-state index is 0. The zero-order valence-corrected chi connectivity index (χ0v) is 55.7. The molecule has 0 spiro atoms. The van der Waals surface area contributed by atoms with E-state index in [1.54, 1.807) is 23.6 Å². The van der Waals surface area contributed by atoms with Crippen LogP contribution < -0.4 is 14.5 Å². The van der Waals surface area contributed by atoms with E-state index in [-0.39, 0.29) is 54.1 Å². The minimum Gasteiger partial charge on any atom is -0.509 e. The maximum atomic E-state index is 9.12. The molecule has 0 saturated heterocycles. The Hall–Kier alpha value is -6.98. The van der Waals surface area contributed by atoms with Gasteiger partial charge in [-0.3, -0.25) is 0 Å². The number of pyridine rings is 1. The summed E-state index contributed by atoms with van der Waals surface area (Å²) in [6, 6.07) is 62.9. The summed E-state index contributed by atoms with van der Waals surface area (Å²) in [7, 11) is 0. The maximum Gasteiger partial charge on any atom is 0.135 e. The summed E-state index contributed by atoms with van der Waals surface area (Å²) in [6.45, 7) is 40.7. The molecular weight excluding hydrogens is 1240 g/mol. The second kappa shape index (κ2) is 21.8. The van der Waals surface area contributed by atoms with Crippen LogP contribution in [0.25, 0.3) is 70.0 Å². The van der Waals surface area contributed by atoms with Gasteiger partial charge >= 0.3 is 0 Å². The molecule has 4 heterocycles. The molecule has 3 aromatic heterocycles. The average Bonchev–Trinajstić information content (AvgIpc) is 1.61. The molecule has 0 N–H and O–H groups in total. The van der Waals surface area contributed by atoms with Crippen molar-refractivity contribution in [3.8, 4) is 39.6 Å². The van der Waals surface area contributed by atoms with E-state index in [0.717, 1.165) is 61.2 Å². The van der Waals surface area contributed by atoms with E-state index in [1.807, 2.05) is 26.0 Å². The van der Waals surface area contributed by atoms with Gasteiger partial charge < -0.3 is 19.1 Å². The van der Waals surface area contributed by atoms with Crippen LogP contribution in [0.5, 0.6) is 11.5 Å². The van der Waals surface area contributed by atoms with Crippen molar-refractivity contribution in [3.05, 3.63) is 210 Å². The summed E-state index contributed by atoms with van der Waals surface area (Å²) in [4.78, 5) is 9.65. The van der Waals surface area contributed by atoms with Crippen LogP contribution in [0.15, 0.2) is 158 Å². The number of fused-ring (bicyclic) bond motifs is 8. The van der Waals surface area contributed by atoms with Gasteiger partial charge in [0.15, 0.2) is 0 Å². The fourth-order valence-electron chi connectivity index (χ4n) is 11.8. The normalized spacial score (nSPS) is 14.0. The molecule has 0 radical (unpaired) electrons. The molecule has 8 aromatic carbocycles. The van der Waals surface area contributed by atoms with Gasteiger partial charge in [-0.25, -0.2) is 4.98 Å². The summed E-state index contributed by atoms with van der Waals surface area (Å²) in [5.74, 6) is 1.47. The zero-order chi connectivity index (χ0) is 61.4. The van der Waals surface area contributed by atoms with Gasteiger partial charge in [-0.05, 0) is 120 Å². The van der Waals surface area contributed by atoms with E-state index < -0.39 is 6.37 Å². The number of benzene rings is 8. The van der Waals surface area contributed by atoms with E-state index in [9.17, 15) is 0 Å². The van der Waals surface area contributed by atoms with Crippen molar-refractivity contribution in [2.75, 3.05) is 9.80 Å². The number of hydrogen-bond donors (Lipinski definition) is 0. The summed E-state index contributed by atoms with van der Waals surface area (Å²) in [5.41, 5.74) is 16.8. The van der Waals surface area contributed by atoms with E-state index >= 15 is 0 Å². The van der Waals surface area contributed by atoms with Gasteiger partial charge in [0.25, 0.3) is 0 Å². The molecule has 1 aliphatic heterocycles. The largest absolute Gasteiger partial charge is 0.509 e. The summed E-state index contributed by atoms with van der Waals surface area (Å²) in [6.07, 6.45) is 0.154. The van der Waals surface area contributed by atoms with Gasteiger partial charge in [0.1, 0.15) is 5.82 Å². The molecule has 7 heteroatoms. The predicted molar refractivity (Wildman–Crippen MR) is 360 cm³/mol. The molecule has 0 saturated carbocycles. The van der Waals surface area contributed by atoms with Crippen molar-refractivity contribution >= 4 is 76.1 Å². The van der Waals surface area contributed by atoms with E-state index in [0.29, 0.717) is 22.9 Å². The van der Waals surface area contributed by atoms with Crippen LogP contribution in [0.3, 0.4) is 0 Å². The SMILES string of the molecule is [2H]C([2H])(c1ccnc(-n2c3[c-]c(Oc4[c-]c(N5[CH-]N(c6c(-c7cc(C(C)(C)C)cc(C(C)(C)C)c7)cccc6-c6cc(C(C)(C)C)cc(C(C)(C)C)c6)c6ccccc65)cc(C(C)(C)C)c4)ccc3c3c4sc5ccccc5c4ccc32)c1)C(C)C.[Pt]. The third-order valence-electron chi connectivity index (χ3n) is 16.6. The molecule has 1 aliphatic rings. The second-order valence-electron chi connectivity index (χ2n) is 28.7. The number of thiophene rings is 1. The van der Waals surface area contributed by atoms with Crippen molar-refractivity contribution in [1.82, 2.24) is 9.55 Å². The zero-order valence-electron chi connectivity index (χ0n) is 54.6. The second-order valence-corrected chi connectivity index (χ2v) is 29.7. The first-order chi connectivity index (χ1) is 40.3. The number of hydrogen-bond acceptors (Lipinski definition) is 5. The number of nitrogens with zero attached hydrogens (tertiary/aromatic N) is 4. The molecule has 0 unspecified atom stereocenters. The van der Waals surface area contributed by atoms with Crippen molar-refractivity contribution in [2.45, 2.75) is 151 Å². The first kappa shape index (κ1) is 57.1. The first-order valence-electron chi connectivity index (χ1n) is 30.9.